The van der Waals surface area contributed by atoms with Gasteiger partial charge in [0.15, 0.2) is 0 Å². The van der Waals surface area contributed by atoms with Gasteiger partial charge in [0.2, 0.25) is 5.91 Å². The molecule has 0 saturated carbocycles. The molecule has 1 amide bonds. The average Bonchev–Trinajstić information content (AvgIpc) is 2.93. The number of carboxylic acid groups (broad SMARTS) is 1. The van der Waals surface area contributed by atoms with E-state index in [0.717, 1.165) is 62.1 Å². The zero-order valence-electron chi connectivity index (χ0n) is 15.2. The van der Waals surface area contributed by atoms with Crippen LogP contribution in [0.2, 0.25) is 0 Å². The van der Waals surface area contributed by atoms with Gasteiger partial charge in [0.1, 0.15) is 6.04 Å². The van der Waals surface area contributed by atoms with E-state index in [-0.39, 0.29) is 5.91 Å². The van der Waals surface area contributed by atoms with Crippen LogP contribution >= 0.6 is 0 Å². The molecule has 0 aliphatic carbocycles. The lowest BCUT2D eigenvalue weighted by Crippen LogP contribution is -2.42. The summed E-state index contributed by atoms with van der Waals surface area (Å²) in [6.45, 7) is 7.30. The first kappa shape index (κ1) is 17.9. The van der Waals surface area contributed by atoms with Crippen LogP contribution in [0.5, 0.6) is 0 Å². The van der Waals surface area contributed by atoms with Gasteiger partial charge in [-0.2, -0.15) is 0 Å². The Morgan fingerprint density at radius 1 is 1.16 bits per heavy atom. The molecule has 2 fully saturated rings. The molecule has 0 bridgehead atoms. The smallest absolute Gasteiger partial charge is 0.325 e. The van der Waals surface area contributed by atoms with E-state index in [2.05, 4.69) is 11.0 Å². The minimum Gasteiger partial charge on any atom is -0.480 e. The van der Waals surface area contributed by atoms with Gasteiger partial charge in [0, 0.05) is 19.5 Å². The van der Waals surface area contributed by atoms with E-state index in [0.29, 0.717) is 12.3 Å². The summed E-state index contributed by atoms with van der Waals surface area (Å²) in [5, 5.41) is 9.80. The molecule has 5 heteroatoms. The van der Waals surface area contributed by atoms with Gasteiger partial charge < -0.3 is 10.0 Å². The molecular formula is C20H28N2O3. The standard InChI is InChI=1S/C20H28N2O3/c1-14-10-15(2)12-17(11-14)19(20(24)25)21-8-5-16(6-9-21)13-22-7-3-4-18(22)23/h10-12,16,19H,3-9,13H2,1-2H3,(H,24,25)/t19-/m1/s1. The zero-order chi connectivity index (χ0) is 18.0. The molecule has 1 atom stereocenters. The molecule has 2 aliphatic heterocycles. The number of carbonyl (C=O) groups excluding carboxylic acids is 1. The second-order valence-electron chi connectivity index (χ2n) is 7.58. The molecule has 2 aliphatic rings. The van der Waals surface area contributed by atoms with Gasteiger partial charge in [0.05, 0.1) is 0 Å². The van der Waals surface area contributed by atoms with Gasteiger partial charge in [-0.15, -0.1) is 0 Å². The number of rotatable bonds is 5. The number of piperidine rings is 1. The SMILES string of the molecule is Cc1cc(C)cc([C@H](C(=O)O)N2CCC(CN3CCCC3=O)CC2)c1. The molecule has 2 saturated heterocycles. The number of nitrogens with zero attached hydrogens (tertiary/aromatic N) is 2. The lowest BCUT2D eigenvalue weighted by atomic mass is 9.93. The van der Waals surface area contributed by atoms with Crippen LogP contribution in [0, 0.1) is 19.8 Å². The Labute approximate surface area is 149 Å². The van der Waals surface area contributed by atoms with Crippen molar-refractivity contribution in [2.75, 3.05) is 26.2 Å². The van der Waals surface area contributed by atoms with E-state index in [9.17, 15) is 14.7 Å². The lowest BCUT2D eigenvalue weighted by Gasteiger charge is -2.37. The minimum atomic E-state index is -0.779. The second kappa shape index (κ2) is 7.56. The fourth-order valence-corrected chi connectivity index (χ4v) is 4.28. The molecule has 5 nitrogen and oxygen atoms in total. The fourth-order valence-electron chi connectivity index (χ4n) is 4.28. The molecule has 0 aromatic heterocycles. The van der Waals surface area contributed by atoms with Crippen molar-refractivity contribution in [3.8, 4) is 0 Å². The first-order valence-corrected chi connectivity index (χ1v) is 9.27. The fraction of sp³-hybridized carbons (Fsp3) is 0.600. The normalized spacial score (nSPS) is 20.9. The van der Waals surface area contributed by atoms with E-state index in [4.69, 9.17) is 0 Å². The summed E-state index contributed by atoms with van der Waals surface area (Å²) in [7, 11) is 0. The number of hydrogen-bond donors (Lipinski definition) is 1. The minimum absolute atomic E-state index is 0.279. The van der Waals surface area contributed by atoms with Gasteiger partial charge in [-0.3, -0.25) is 14.5 Å². The van der Waals surface area contributed by atoms with Crippen LogP contribution < -0.4 is 0 Å². The number of amides is 1. The first-order chi connectivity index (χ1) is 11.9. The van der Waals surface area contributed by atoms with Crippen LogP contribution in [0.3, 0.4) is 0 Å². The predicted octanol–water partition coefficient (Wildman–Crippen LogP) is 2.76. The Hall–Kier alpha value is -1.88. The Bertz CT molecular complexity index is 630. The van der Waals surface area contributed by atoms with Crippen LogP contribution in [0.15, 0.2) is 18.2 Å². The first-order valence-electron chi connectivity index (χ1n) is 9.27. The van der Waals surface area contributed by atoms with Crippen molar-refractivity contribution in [2.45, 2.75) is 45.6 Å². The number of carbonyl (C=O) groups is 2. The summed E-state index contributed by atoms with van der Waals surface area (Å²) in [4.78, 5) is 27.8. The van der Waals surface area contributed by atoms with E-state index in [1.54, 1.807) is 0 Å². The predicted molar refractivity (Wildman–Crippen MR) is 96.4 cm³/mol. The van der Waals surface area contributed by atoms with Crippen molar-refractivity contribution >= 4 is 11.9 Å². The zero-order valence-corrected chi connectivity index (χ0v) is 15.2. The van der Waals surface area contributed by atoms with Gasteiger partial charge in [-0.25, -0.2) is 0 Å². The topological polar surface area (TPSA) is 60.9 Å². The molecule has 0 unspecified atom stereocenters. The second-order valence-corrected chi connectivity index (χ2v) is 7.58. The number of likely N-dealkylation sites (tertiary alicyclic amines) is 2. The highest BCUT2D eigenvalue weighted by molar-refractivity contribution is 5.78. The number of benzene rings is 1. The van der Waals surface area contributed by atoms with E-state index < -0.39 is 12.0 Å². The van der Waals surface area contributed by atoms with Crippen molar-refractivity contribution in [1.29, 1.82) is 0 Å². The van der Waals surface area contributed by atoms with Crippen molar-refractivity contribution in [3.63, 3.8) is 0 Å². The summed E-state index contributed by atoms with van der Waals surface area (Å²) >= 11 is 0. The highest BCUT2D eigenvalue weighted by Crippen LogP contribution is 2.29. The summed E-state index contributed by atoms with van der Waals surface area (Å²) in [5.41, 5.74) is 3.07. The summed E-state index contributed by atoms with van der Waals surface area (Å²) in [6, 6.07) is 5.47. The Morgan fingerprint density at radius 3 is 2.32 bits per heavy atom. The Morgan fingerprint density at radius 2 is 1.80 bits per heavy atom. The molecule has 25 heavy (non-hydrogen) atoms. The maximum atomic E-state index is 11.9. The van der Waals surface area contributed by atoms with Gasteiger partial charge in [0.25, 0.3) is 0 Å². The van der Waals surface area contributed by atoms with Crippen LogP contribution in [0.4, 0.5) is 0 Å². The van der Waals surface area contributed by atoms with Crippen molar-refractivity contribution in [3.05, 3.63) is 34.9 Å². The molecule has 1 N–H and O–H groups in total. The van der Waals surface area contributed by atoms with E-state index in [1.807, 2.05) is 30.9 Å². The van der Waals surface area contributed by atoms with E-state index in [1.165, 1.54) is 0 Å². The third-order valence-electron chi connectivity index (χ3n) is 5.46. The summed E-state index contributed by atoms with van der Waals surface area (Å²) in [5.74, 6) is -0.00811. The molecule has 1 aromatic carbocycles. The highest BCUT2D eigenvalue weighted by atomic mass is 16.4. The molecule has 1 aromatic rings. The average molecular weight is 344 g/mol. The molecular weight excluding hydrogens is 316 g/mol. The number of carboxylic acids is 1. The number of aliphatic carboxylic acids is 1. The van der Waals surface area contributed by atoms with E-state index >= 15 is 0 Å². The Kier molecular flexibility index (Phi) is 5.42. The number of aryl methyl sites for hydroxylation is 2. The van der Waals surface area contributed by atoms with Crippen LogP contribution in [0.25, 0.3) is 0 Å². The largest absolute Gasteiger partial charge is 0.480 e. The lowest BCUT2D eigenvalue weighted by molar-refractivity contribution is -0.144. The van der Waals surface area contributed by atoms with Crippen molar-refractivity contribution in [1.82, 2.24) is 9.80 Å². The molecule has 0 radical (unpaired) electrons. The van der Waals surface area contributed by atoms with Crippen molar-refractivity contribution < 1.29 is 14.7 Å². The van der Waals surface area contributed by atoms with Crippen LogP contribution in [-0.4, -0.2) is 53.0 Å². The molecule has 0 spiro atoms. The third-order valence-corrected chi connectivity index (χ3v) is 5.46. The molecule has 136 valence electrons. The van der Waals surface area contributed by atoms with Crippen LogP contribution in [-0.2, 0) is 9.59 Å². The molecule has 3 rings (SSSR count). The monoisotopic (exact) mass is 344 g/mol. The van der Waals surface area contributed by atoms with Crippen molar-refractivity contribution in [2.24, 2.45) is 5.92 Å². The van der Waals surface area contributed by atoms with Crippen LogP contribution in [0.1, 0.15) is 48.4 Å². The molecule has 2 heterocycles. The quantitative estimate of drug-likeness (QED) is 0.892. The van der Waals surface area contributed by atoms with Gasteiger partial charge in [-0.1, -0.05) is 29.3 Å². The summed E-state index contributed by atoms with van der Waals surface area (Å²) in [6.07, 6.45) is 3.58. The maximum Gasteiger partial charge on any atom is 0.325 e. The maximum absolute atomic E-state index is 11.9. The van der Waals surface area contributed by atoms with Gasteiger partial charge >= 0.3 is 5.97 Å². The highest BCUT2D eigenvalue weighted by Gasteiger charge is 2.32. The number of hydrogen-bond acceptors (Lipinski definition) is 3. The van der Waals surface area contributed by atoms with Gasteiger partial charge in [-0.05, 0) is 57.7 Å². The third kappa shape index (κ3) is 4.21. The summed E-state index contributed by atoms with van der Waals surface area (Å²) < 4.78 is 0. The Balaban J connectivity index is 1.64.